The molecule has 1 aromatic rings. The largest absolute Gasteiger partial charge is 0.316 e. The highest BCUT2D eigenvalue weighted by Crippen LogP contribution is 2.44. The molecule has 1 aliphatic carbocycles. The van der Waals surface area contributed by atoms with E-state index in [1.807, 2.05) is 0 Å². The van der Waals surface area contributed by atoms with Crippen molar-refractivity contribution in [2.24, 2.45) is 11.8 Å². The van der Waals surface area contributed by atoms with Crippen molar-refractivity contribution in [2.75, 3.05) is 13.1 Å². The Hall–Kier alpha value is -0.320. The number of nitrogens with one attached hydrogen (secondary N) is 2. The summed E-state index contributed by atoms with van der Waals surface area (Å²) in [4.78, 5) is 4.65. The van der Waals surface area contributed by atoms with E-state index in [1.54, 1.807) is 0 Å². The van der Waals surface area contributed by atoms with Gasteiger partial charge in [0.15, 0.2) is 5.82 Å². The summed E-state index contributed by atoms with van der Waals surface area (Å²) >= 11 is 0. The summed E-state index contributed by atoms with van der Waals surface area (Å²) in [5.41, 5.74) is 0. The van der Waals surface area contributed by atoms with Crippen LogP contribution in [0.2, 0.25) is 0 Å². The van der Waals surface area contributed by atoms with Crippen molar-refractivity contribution in [1.29, 1.82) is 0 Å². The third-order valence-electron chi connectivity index (χ3n) is 3.88. The summed E-state index contributed by atoms with van der Waals surface area (Å²) < 4.78 is 0. The topological polar surface area (TPSA) is 53.6 Å². The summed E-state index contributed by atoms with van der Waals surface area (Å²) in [7, 11) is 0. The fourth-order valence-corrected chi connectivity index (χ4v) is 2.73. The number of halogens is 2. The van der Waals surface area contributed by atoms with E-state index in [0.717, 1.165) is 36.6 Å². The van der Waals surface area contributed by atoms with Crippen LogP contribution >= 0.6 is 24.8 Å². The van der Waals surface area contributed by atoms with Crippen LogP contribution < -0.4 is 5.32 Å². The Kier molecular flexibility index (Phi) is 5.44. The Balaban J connectivity index is 0.000000810. The number of rotatable bonds is 3. The lowest BCUT2D eigenvalue weighted by Crippen LogP contribution is -2.14. The van der Waals surface area contributed by atoms with Crippen molar-refractivity contribution >= 4 is 24.8 Å². The second-order valence-corrected chi connectivity index (χ2v) is 5.50. The second kappa shape index (κ2) is 6.22. The van der Waals surface area contributed by atoms with Gasteiger partial charge in [-0.15, -0.1) is 24.8 Å². The number of hydrogen-bond donors (Lipinski definition) is 2. The first-order valence-corrected chi connectivity index (χ1v) is 6.38. The molecule has 0 spiro atoms. The Bertz CT molecular complexity index is 376. The van der Waals surface area contributed by atoms with Crippen LogP contribution in [0, 0.1) is 11.8 Å². The molecular weight excluding hydrogens is 271 g/mol. The first-order chi connectivity index (χ1) is 7.75. The Morgan fingerprint density at radius 3 is 2.44 bits per heavy atom. The van der Waals surface area contributed by atoms with Crippen LogP contribution in [0.25, 0.3) is 0 Å². The van der Waals surface area contributed by atoms with Gasteiger partial charge in [-0.3, -0.25) is 5.10 Å². The van der Waals surface area contributed by atoms with Crippen molar-refractivity contribution in [3.63, 3.8) is 0 Å². The molecule has 2 atom stereocenters. The normalized spacial score (nSPS) is 26.8. The molecule has 1 aliphatic heterocycles. The molecule has 4 nitrogen and oxygen atoms in total. The van der Waals surface area contributed by atoms with E-state index >= 15 is 0 Å². The van der Waals surface area contributed by atoms with Crippen LogP contribution in [-0.4, -0.2) is 28.3 Å². The zero-order valence-corrected chi connectivity index (χ0v) is 12.5. The zero-order valence-electron chi connectivity index (χ0n) is 10.8. The van der Waals surface area contributed by atoms with Crippen molar-refractivity contribution in [1.82, 2.24) is 20.5 Å². The Labute approximate surface area is 121 Å². The molecule has 1 saturated carbocycles. The number of hydrogen-bond acceptors (Lipinski definition) is 3. The van der Waals surface area contributed by atoms with Gasteiger partial charge in [0.2, 0.25) is 0 Å². The van der Waals surface area contributed by atoms with E-state index in [9.17, 15) is 0 Å². The molecule has 1 saturated heterocycles. The SMILES string of the molecule is CC(C)c1n[nH]c([C@H]2CNC[C@@H]2C2CC2)n1.Cl.Cl. The third-order valence-corrected chi connectivity index (χ3v) is 3.88. The minimum Gasteiger partial charge on any atom is -0.316 e. The molecule has 6 heteroatoms. The van der Waals surface area contributed by atoms with Gasteiger partial charge < -0.3 is 5.32 Å². The number of aromatic nitrogens is 3. The van der Waals surface area contributed by atoms with Crippen LogP contribution in [0.4, 0.5) is 0 Å². The third kappa shape index (κ3) is 2.98. The zero-order chi connectivity index (χ0) is 11.1. The van der Waals surface area contributed by atoms with Crippen molar-refractivity contribution in [2.45, 2.75) is 38.5 Å². The van der Waals surface area contributed by atoms with Gasteiger partial charge in [-0.2, -0.15) is 5.10 Å². The van der Waals surface area contributed by atoms with E-state index in [0.29, 0.717) is 11.8 Å². The molecule has 18 heavy (non-hydrogen) atoms. The predicted octanol–water partition coefficient (Wildman–Crippen LogP) is 2.48. The number of nitrogens with zero attached hydrogens (tertiary/aromatic N) is 2. The fourth-order valence-electron chi connectivity index (χ4n) is 2.73. The maximum absolute atomic E-state index is 4.65. The molecule has 0 amide bonds. The van der Waals surface area contributed by atoms with Gasteiger partial charge in [-0.25, -0.2) is 4.98 Å². The molecule has 0 bridgehead atoms. The van der Waals surface area contributed by atoms with Crippen LogP contribution in [-0.2, 0) is 0 Å². The molecule has 2 aliphatic rings. The highest BCUT2D eigenvalue weighted by atomic mass is 35.5. The summed E-state index contributed by atoms with van der Waals surface area (Å²) in [6.45, 7) is 6.50. The summed E-state index contributed by atoms with van der Waals surface area (Å²) in [5.74, 6) is 4.76. The lowest BCUT2D eigenvalue weighted by molar-refractivity contribution is 0.443. The van der Waals surface area contributed by atoms with Crippen molar-refractivity contribution in [3.05, 3.63) is 11.6 Å². The highest BCUT2D eigenvalue weighted by molar-refractivity contribution is 5.85. The van der Waals surface area contributed by atoms with Crippen LogP contribution in [0.15, 0.2) is 0 Å². The lowest BCUT2D eigenvalue weighted by atomic mass is 9.91. The molecule has 2 fully saturated rings. The van der Waals surface area contributed by atoms with Gasteiger partial charge in [-0.05, 0) is 31.2 Å². The molecule has 2 heterocycles. The smallest absolute Gasteiger partial charge is 0.153 e. The molecule has 0 radical (unpaired) electrons. The second-order valence-electron chi connectivity index (χ2n) is 5.50. The standard InChI is InChI=1S/C12H20N4.2ClH/c1-7(2)11-14-12(16-15-11)10-6-13-5-9(10)8-3-4-8;;/h7-10,13H,3-6H2,1-2H3,(H,14,15,16);2*1H/t9-,10+;;/m1../s1. The van der Waals surface area contributed by atoms with E-state index in [2.05, 4.69) is 34.3 Å². The molecule has 3 rings (SSSR count). The minimum atomic E-state index is 0. The van der Waals surface area contributed by atoms with Gasteiger partial charge in [0.1, 0.15) is 5.82 Å². The van der Waals surface area contributed by atoms with Crippen molar-refractivity contribution in [3.8, 4) is 0 Å². The number of H-pyrrole nitrogens is 1. The number of aromatic amines is 1. The van der Waals surface area contributed by atoms with Gasteiger partial charge in [0.25, 0.3) is 0 Å². The highest BCUT2D eigenvalue weighted by Gasteiger charge is 2.41. The maximum atomic E-state index is 4.65. The molecule has 0 unspecified atom stereocenters. The average Bonchev–Trinajstić information content (AvgIpc) is 2.83. The maximum Gasteiger partial charge on any atom is 0.153 e. The van der Waals surface area contributed by atoms with Gasteiger partial charge in [0.05, 0.1) is 0 Å². The quantitative estimate of drug-likeness (QED) is 0.900. The van der Waals surface area contributed by atoms with Crippen molar-refractivity contribution < 1.29 is 0 Å². The van der Waals surface area contributed by atoms with Crippen LogP contribution in [0.1, 0.15) is 50.2 Å². The monoisotopic (exact) mass is 292 g/mol. The molecule has 0 aromatic carbocycles. The molecule has 1 aromatic heterocycles. The summed E-state index contributed by atoms with van der Waals surface area (Å²) in [6, 6.07) is 0. The first kappa shape index (κ1) is 15.7. The lowest BCUT2D eigenvalue weighted by Gasteiger charge is -2.14. The van der Waals surface area contributed by atoms with Crippen LogP contribution in [0.5, 0.6) is 0 Å². The summed E-state index contributed by atoms with van der Waals surface area (Å²) in [5, 5.41) is 10.9. The average molecular weight is 293 g/mol. The predicted molar refractivity (Wildman–Crippen MR) is 76.8 cm³/mol. The molecular formula is C12H22Cl2N4. The van der Waals surface area contributed by atoms with E-state index in [1.165, 1.54) is 12.8 Å². The van der Waals surface area contributed by atoms with Gasteiger partial charge in [-0.1, -0.05) is 13.8 Å². The Morgan fingerprint density at radius 1 is 1.17 bits per heavy atom. The van der Waals surface area contributed by atoms with Crippen LogP contribution in [0.3, 0.4) is 0 Å². The minimum absolute atomic E-state index is 0. The summed E-state index contributed by atoms with van der Waals surface area (Å²) in [6.07, 6.45) is 2.82. The van der Waals surface area contributed by atoms with Gasteiger partial charge >= 0.3 is 0 Å². The fraction of sp³-hybridized carbons (Fsp3) is 0.833. The molecule has 2 N–H and O–H groups in total. The van der Waals surface area contributed by atoms with E-state index < -0.39 is 0 Å². The Morgan fingerprint density at radius 2 is 1.89 bits per heavy atom. The van der Waals surface area contributed by atoms with Gasteiger partial charge in [0, 0.05) is 18.4 Å². The van der Waals surface area contributed by atoms with E-state index in [-0.39, 0.29) is 24.8 Å². The van der Waals surface area contributed by atoms with E-state index in [4.69, 9.17) is 0 Å². The molecule has 104 valence electrons. The first-order valence-electron chi connectivity index (χ1n) is 6.38.